The molecule has 3 rings (SSSR count). The number of phenolic OH excluding ortho intramolecular Hbond substituents is 1. The summed E-state index contributed by atoms with van der Waals surface area (Å²) < 4.78 is 16.2. The number of esters is 1. The highest BCUT2D eigenvalue weighted by Gasteiger charge is 2.48. The molecule has 1 aliphatic rings. The third kappa shape index (κ3) is 11.3. The van der Waals surface area contributed by atoms with Crippen LogP contribution in [0.5, 0.6) is 23.0 Å². The first-order valence-corrected chi connectivity index (χ1v) is 17.1. The van der Waals surface area contributed by atoms with E-state index in [-0.39, 0.29) is 28.2 Å². The van der Waals surface area contributed by atoms with Crippen LogP contribution in [-0.2, 0) is 16.0 Å². The molecule has 0 bridgehead atoms. The number of rotatable bonds is 20. The van der Waals surface area contributed by atoms with Gasteiger partial charge in [-0.15, -0.1) is 0 Å². The highest BCUT2D eigenvalue weighted by molar-refractivity contribution is 5.96. The van der Waals surface area contributed by atoms with Gasteiger partial charge in [0.25, 0.3) is 0 Å². The standard InChI is InChI=1S/C36H50O13/c1-3-4-5-6-7-8-9-10-11-12-13-14-15-16-22-18-24(48-36-31(41)29(39)30(40)32(49-36)34(44)45)20-26(38)28(22)35(46)47-23-17-21(2)27(33(42)43)25(37)19-23/h17-20,29-32,36-41H,3-16H2,1-2H3,(H,42,43)(H,44,45)/t29-,30+,31+,32-,36-/m1/s1. The molecule has 1 fully saturated rings. The summed E-state index contributed by atoms with van der Waals surface area (Å²) in [5.41, 5.74) is -0.114. The summed E-state index contributed by atoms with van der Waals surface area (Å²) in [7, 11) is 0. The molecule has 7 N–H and O–H groups in total. The van der Waals surface area contributed by atoms with Crippen LogP contribution >= 0.6 is 0 Å². The first-order chi connectivity index (χ1) is 23.3. The van der Waals surface area contributed by atoms with Gasteiger partial charge in [-0.05, 0) is 43.0 Å². The zero-order valence-corrected chi connectivity index (χ0v) is 28.2. The van der Waals surface area contributed by atoms with Crippen molar-refractivity contribution in [2.24, 2.45) is 0 Å². The third-order valence-electron chi connectivity index (χ3n) is 8.70. The summed E-state index contributed by atoms with van der Waals surface area (Å²) in [4.78, 5) is 36.3. The topological polar surface area (TPSA) is 221 Å². The summed E-state index contributed by atoms with van der Waals surface area (Å²) in [5, 5.41) is 70.4. The van der Waals surface area contributed by atoms with Crippen LogP contribution in [-0.4, -0.2) is 84.4 Å². The molecule has 0 spiro atoms. The first kappa shape index (κ1) is 39.5. The molecule has 5 atom stereocenters. The Morgan fingerprint density at radius 2 is 1.22 bits per heavy atom. The second kappa shape index (κ2) is 19.3. The molecule has 0 amide bonds. The molecule has 0 aliphatic carbocycles. The number of aromatic hydroxyl groups is 2. The maximum Gasteiger partial charge on any atom is 0.347 e. The number of carboxylic acids is 2. The van der Waals surface area contributed by atoms with E-state index in [1.54, 1.807) is 0 Å². The van der Waals surface area contributed by atoms with Gasteiger partial charge in [-0.3, -0.25) is 0 Å². The third-order valence-corrected chi connectivity index (χ3v) is 8.70. The van der Waals surface area contributed by atoms with Crippen molar-refractivity contribution in [2.75, 3.05) is 0 Å². The summed E-state index contributed by atoms with van der Waals surface area (Å²) in [6.07, 6.45) is 5.70. The SMILES string of the molecule is CCCCCCCCCCCCCCCc1cc(O[C@@H]2O[C@@H](C(=O)O)[C@@H](O)[C@@H](O)[C@@H]2O)cc(O)c1C(=O)Oc1cc(C)c(C(=O)O)c(O)c1. The van der Waals surface area contributed by atoms with Gasteiger partial charge in [0.15, 0.2) is 6.10 Å². The van der Waals surface area contributed by atoms with Gasteiger partial charge >= 0.3 is 17.9 Å². The molecule has 1 saturated heterocycles. The fourth-order valence-electron chi connectivity index (χ4n) is 6.01. The number of benzene rings is 2. The van der Waals surface area contributed by atoms with Crippen molar-refractivity contribution in [1.29, 1.82) is 0 Å². The van der Waals surface area contributed by atoms with Gasteiger partial charge in [0.2, 0.25) is 6.29 Å². The Labute approximate surface area is 286 Å². The molecule has 13 heteroatoms. The van der Waals surface area contributed by atoms with Crippen LogP contribution in [0.3, 0.4) is 0 Å². The maximum absolute atomic E-state index is 13.4. The Balaban J connectivity index is 1.72. The van der Waals surface area contributed by atoms with Gasteiger partial charge in [-0.1, -0.05) is 84.0 Å². The molecule has 0 saturated carbocycles. The number of hydrogen-bond acceptors (Lipinski definition) is 11. The van der Waals surface area contributed by atoms with E-state index in [0.717, 1.165) is 37.8 Å². The van der Waals surface area contributed by atoms with Crippen LogP contribution in [0.2, 0.25) is 0 Å². The average molecular weight is 691 g/mol. The lowest BCUT2D eigenvalue weighted by molar-refractivity contribution is -0.271. The largest absolute Gasteiger partial charge is 0.507 e. The molecule has 0 unspecified atom stereocenters. The van der Waals surface area contributed by atoms with Crippen LogP contribution in [0.1, 0.15) is 122 Å². The van der Waals surface area contributed by atoms with Crippen LogP contribution < -0.4 is 9.47 Å². The number of aliphatic hydroxyl groups excluding tert-OH is 3. The van der Waals surface area contributed by atoms with Gasteiger partial charge in [0.05, 0.1) is 0 Å². The van der Waals surface area contributed by atoms with Crippen molar-refractivity contribution >= 4 is 17.9 Å². The van der Waals surface area contributed by atoms with Crippen molar-refractivity contribution in [3.8, 4) is 23.0 Å². The van der Waals surface area contributed by atoms with Gasteiger partial charge in [0, 0.05) is 12.1 Å². The Bertz CT molecular complexity index is 1380. The Kier molecular flexibility index (Phi) is 15.6. The fraction of sp³-hybridized carbons (Fsp3) is 0.583. The van der Waals surface area contributed by atoms with Crippen LogP contribution in [0.15, 0.2) is 24.3 Å². The maximum atomic E-state index is 13.4. The van der Waals surface area contributed by atoms with E-state index in [1.807, 2.05) is 0 Å². The van der Waals surface area contributed by atoms with Crippen molar-refractivity contribution in [1.82, 2.24) is 0 Å². The molecular formula is C36H50O13. The summed E-state index contributed by atoms with van der Waals surface area (Å²) in [6, 6.07) is 4.68. The summed E-state index contributed by atoms with van der Waals surface area (Å²) in [5.74, 6) is -5.38. The number of hydrogen-bond donors (Lipinski definition) is 7. The molecule has 1 aliphatic heterocycles. The molecule has 49 heavy (non-hydrogen) atoms. The van der Waals surface area contributed by atoms with Crippen LogP contribution in [0.4, 0.5) is 0 Å². The number of carbonyl (C=O) groups is 3. The molecule has 0 aromatic heterocycles. The summed E-state index contributed by atoms with van der Waals surface area (Å²) >= 11 is 0. The predicted molar refractivity (Wildman–Crippen MR) is 177 cm³/mol. The molecule has 0 radical (unpaired) electrons. The lowest BCUT2D eigenvalue weighted by Gasteiger charge is -2.38. The highest BCUT2D eigenvalue weighted by Crippen LogP contribution is 2.34. The molecule has 13 nitrogen and oxygen atoms in total. The Morgan fingerprint density at radius 1 is 0.694 bits per heavy atom. The number of aromatic carboxylic acids is 1. The minimum atomic E-state index is -1.92. The van der Waals surface area contributed by atoms with E-state index >= 15 is 0 Å². The molecule has 272 valence electrons. The van der Waals surface area contributed by atoms with E-state index in [4.69, 9.17) is 14.2 Å². The van der Waals surface area contributed by atoms with E-state index in [0.29, 0.717) is 18.4 Å². The van der Waals surface area contributed by atoms with Gasteiger partial charge < -0.3 is 50.0 Å². The fourth-order valence-corrected chi connectivity index (χ4v) is 6.01. The number of aliphatic carboxylic acids is 1. The first-order valence-electron chi connectivity index (χ1n) is 17.1. The van der Waals surface area contributed by atoms with E-state index in [9.17, 15) is 50.1 Å². The van der Waals surface area contributed by atoms with E-state index in [1.165, 1.54) is 70.4 Å². The van der Waals surface area contributed by atoms with Crippen molar-refractivity contribution in [3.63, 3.8) is 0 Å². The van der Waals surface area contributed by atoms with Gasteiger partial charge in [0.1, 0.15) is 52.4 Å². The van der Waals surface area contributed by atoms with Crippen molar-refractivity contribution < 1.29 is 64.3 Å². The lowest BCUT2D eigenvalue weighted by atomic mass is 9.98. The molecule has 2 aromatic carbocycles. The zero-order valence-electron chi connectivity index (χ0n) is 28.2. The lowest BCUT2D eigenvalue weighted by Crippen LogP contribution is -2.61. The smallest absolute Gasteiger partial charge is 0.347 e. The Morgan fingerprint density at radius 3 is 1.76 bits per heavy atom. The van der Waals surface area contributed by atoms with E-state index in [2.05, 4.69) is 6.92 Å². The summed E-state index contributed by atoms with van der Waals surface area (Å²) in [6.45, 7) is 3.64. The van der Waals surface area contributed by atoms with Crippen molar-refractivity contribution in [2.45, 2.75) is 134 Å². The van der Waals surface area contributed by atoms with Gasteiger partial charge in [-0.25, -0.2) is 14.4 Å². The number of aliphatic hydroxyl groups is 3. The normalized spacial score (nSPS) is 20.6. The number of carboxylic acid groups (broad SMARTS) is 2. The quantitative estimate of drug-likeness (QED) is 0.0538. The molecule has 2 aromatic rings. The second-order valence-corrected chi connectivity index (χ2v) is 12.7. The Hall–Kier alpha value is -3.91. The van der Waals surface area contributed by atoms with Crippen LogP contribution in [0.25, 0.3) is 0 Å². The monoisotopic (exact) mass is 690 g/mol. The van der Waals surface area contributed by atoms with Gasteiger partial charge in [-0.2, -0.15) is 0 Å². The highest BCUT2D eigenvalue weighted by atomic mass is 16.7. The number of aryl methyl sites for hydroxylation is 2. The van der Waals surface area contributed by atoms with Crippen LogP contribution in [0, 0.1) is 6.92 Å². The second-order valence-electron chi connectivity index (χ2n) is 12.7. The number of ether oxygens (including phenoxy) is 3. The molecule has 1 heterocycles. The predicted octanol–water partition coefficient (Wildman–Crippen LogP) is 5.23. The van der Waals surface area contributed by atoms with E-state index < -0.39 is 60.1 Å². The minimum Gasteiger partial charge on any atom is -0.507 e. The number of unbranched alkanes of at least 4 members (excludes halogenated alkanes) is 12. The minimum absolute atomic E-state index is 0.116. The number of phenols is 2. The zero-order chi connectivity index (χ0) is 36.1. The average Bonchev–Trinajstić information content (AvgIpc) is 3.02. The number of carbonyl (C=O) groups excluding carboxylic acids is 1. The van der Waals surface area contributed by atoms with Crippen molar-refractivity contribution in [3.05, 3.63) is 46.5 Å². The molecular weight excluding hydrogens is 640 g/mol.